The monoisotopic (exact) mass is 173 g/mol. The summed E-state index contributed by atoms with van der Waals surface area (Å²) in [5.74, 6) is 0. The van der Waals surface area contributed by atoms with E-state index in [4.69, 9.17) is 5.73 Å². The number of rotatable bonds is 1. The lowest BCUT2D eigenvalue weighted by Crippen LogP contribution is -2.30. The van der Waals surface area contributed by atoms with Gasteiger partial charge in [-0.15, -0.1) is 0 Å². The Kier molecular flexibility index (Phi) is 2.91. The van der Waals surface area contributed by atoms with Gasteiger partial charge in [-0.05, 0) is 24.6 Å². The van der Waals surface area contributed by atoms with Crippen LogP contribution in [0.3, 0.4) is 0 Å². The lowest BCUT2D eigenvalue weighted by Gasteiger charge is -1.97. The van der Waals surface area contributed by atoms with Gasteiger partial charge in [0.15, 0.2) is 0 Å². The Morgan fingerprint density at radius 3 is 2.69 bits per heavy atom. The SMILES string of the molecule is C=C/C=c1/c(C)ccc/c1=C(\C)N. The first-order valence-corrected chi connectivity index (χ1v) is 4.31. The average Bonchev–Trinajstić information content (AvgIpc) is 2.08. The molecule has 0 heterocycles. The normalized spacial score (nSPS) is 14.2. The number of hydrogen-bond acceptors (Lipinski definition) is 1. The summed E-state index contributed by atoms with van der Waals surface area (Å²) in [5.41, 5.74) is 7.84. The predicted octanol–water partition coefficient (Wildman–Crippen LogP) is 1.05. The fourth-order valence-electron chi connectivity index (χ4n) is 1.36. The van der Waals surface area contributed by atoms with Gasteiger partial charge in [-0.1, -0.05) is 36.9 Å². The maximum absolute atomic E-state index is 5.78. The van der Waals surface area contributed by atoms with Gasteiger partial charge in [0, 0.05) is 10.9 Å². The molecule has 1 aromatic rings. The molecule has 0 amide bonds. The van der Waals surface area contributed by atoms with E-state index in [9.17, 15) is 0 Å². The van der Waals surface area contributed by atoms with Gasteiger partial charge in [-0.25, -0.2) is 0 Å². The molecule has 1 aromatic carbocycles. The van der Waals surface area contributed by atoms with Crippen molar-refractivity contribution in [3.05, 3.63) is 46.9 Å². The van der Waals surface area contributed by atoms with Crippen LogP contribution in [0, 0.1) is 6.92 Å². The molecular formula is C12H15N. The second-order valence-corrected chi connectivity index (χ2v) is 3.12. The zero-order valence-corrected chi connectivity index (χ0v) is 8.17. The summed E-state index contributed by atoms with van der Waals surface area (Å²) >= 11 is 0. The third kappa shape index (κ3) is 2.00. The Morgan fingerprint density at radius 2 is 2.15 bits per heavy atom. The highest BCUT2D eigenvalue weighted by Crippen LogP contribution is 1.85. The Balaban J connectivity index is 3.75. The van der Waals surface area contributed by atoms with Crippen molar-refractivity contribution in [1.82, 2.24) is 0 Å². The molecular weight excluding hydrogens is 158 g/mol. The van der Waals surface area contributed by atoms with Crippen LogP contribution in [0.25, 0.3) is 11.8 Å². The van der Waals surface area contributed by atoms with E-state index in [0.717, 1.165) is 16.1 Å². The third-order valence-electron chi connectivity index (χ3n) is 2.03. The third-order valence-corrected chi connectivity index (χ3v) is 2.03. The summed E-state index contributed by atoms with van der Waals surface area (Å²) in [6, 6.07) is 6.11. The first-order chi connectivity index (χ1) is 6.16. The maximum atomic E-state index is 5.78. The number of aryl methyl sites for hydroxylation is 1. The Labute approximate surface area is 78.9 Å². The van der Waals surface area contributed by atoms with Gasteiger partial charge in [-0.3, -0.25) is 0 Å². The molecule has 0 saturated carbocycles. The molecule has 0 bridgehead atoms. The molecule has 0 aromatic heterocycles. The van der Waals surface area contributed by atoms with Crippen molar-refractivity contribution in [2.45, 2.75) is 13.8 Å². The number of benzene rings is 1. The van der Waals surface area contributed by atoms with Gasteiger partial charge in [0.25, 0.3) is 0 Å². The fraction of sp³-hybridized carbons (Fsp3) is 0.167. The van der Waals surface area contributed by atoms with Crippen molar-refractivity contribution in [1.29, 1.82) is 0 Å². The van der Waals surface area contributed by atoms with Crippen LogP contribution in [-0.4, -0.2) is 0 Å². The molecule has 0 spiro atoms. The van der Waals surface area contributed by atoms with Gasteiger partial charge in [0.1, 0.15) is 0 Å². The maximum Gasteiger partial charge on any atom is 0.0129 e. The van der Waals surface area contributed by atoms with Crippen LogP contribution in [0.4, 0.5) is 0 Å². The fourth-order valence-corrected chi connectivity index (χ4v) is 1.36. The molecule has 13 heavy (non-hydrogen) atoms. The van der Waals surface area contributed by atoms with Gasteiger partial charge >= 0.3 is 0 Å². The largest absolute Gasteiger partial charge is 0.402 e. The molecule has 0 radical (unpaired) electrons. The Hall–Kier alpha value is -1.50. The average molecular weight is 173 g/mol. The van der Waals surface area contributed by atoms with Crippen LogP contribution in [0.1, 0.15) is 12.5 Å². The molecule has 0 fully saturated rings. The first kappa shape index (κ1) is 9.59. The van der Waals surface area contributed by atoms with Gasteiger partial charge < -0.3 is 5.73 Å². The van der Waals surface area contributed by atoms with Crippen LogP contribution < -0.4 is 16.2 Å². The molecule has 2 N–H and O–H groups in total. The molecule has 0 aliphatic carbocycles. The lowest BCUT2D eigenvalue weighted by molar-refractivity contribution is 1.33. The summed E-state index contributed by atoms with van der Waals surface area (Å²) < 4.78 is 0. The molecule has 0 atom stereocenters. The molecule has 0 saturated heterocycles. The highest BCUT2D eigenvalue weighted by molar-refractivity contribution is 5.45. The van der Waals surface area contributed by atoms with Crippen molar-refractivity contribution in [3.8, 4) is 0 Å². The molecule has 1 nitrogen and oxygen atoms in total. The van der Waals surface area contributed by atoms with E-state index < -0.39 is 0 Å². The van der Waals surface area contributed by atoms with Crippen LogP contribution in [-0.2, 0) is 0 Å². The predicted molar refractivity (Wildman–Crippen MR) is 58.4 cm³/mol. The van der Waals surface area contributed by atoms with E-state index in [1.807, 2.05) is 25.1 Å². The van der Waals surface area contributed by atoms with Gasteiger partial charge in [0.2, 0.25) is 0 Å². The topological polar surface area (TPSA) is 26.0 Å². The van der Waals surface area contributed by atoms with E-state index >= 15 is 0 Å². The summed E-state index contributed by atoms with van der Waals surface area (Å²) in [6.45, 7) is 7.68. The van der Waals surface area contributed by atoms with E-state index in [0.29, 0.717) is 0 Å². The molecule has 0 unspecified atom stereocenters. The second-order valence-electron chi connectivity index (χ2n) is 3.12. The van der Waals surface area contributed by atoms with Crippen molar-refractivity contribution < 1.29 is 0 Å². The molecule has 1 rings (SSSR count). The number of nitrogens with two attached hydrogens (primary N) is 1. The standard InChI is InChI=1S/C12H15N/c1-4-6-11-9(2)7-5-8-12(11)10(3)13/h4-8H,1,13H2,2-3H3/b11-6-,12-10-. The van der Waals surface area contributed by atoms with Crippen LogP contribution in [0.2, 0.25) is 0 Å². The summed E-state index contributed by atoms with van der Waals surface area (Å²) in [7, 11) is 0. The minimum atomic E-state index is 0.844. The summed E-state index contributed by atoms with van der Waals surface area (Å²) in [6.07, 6.45) is 3.77. The highest BCUT2D eigenvalue weighted by atomic mass is 14.5. The first-order valence-electron chi connectivity index (χ1n) is 4.31. The molecule has 0 aliphatic heterocycles. The summed E-state index contributed by atoms with van der Waals surface area (Å²) in [4.78, 5) is 0. The summed E-state index contributed by atoms with van der Waals surface area (Å²) in [5, 5.41) is 2.26. The molecule has 0 aliphatic rings. The van der Waals surface area contributed by atoms with Crippen LogP contribution in [0.5, 0.6) is 0 Å². The quantitative estimate of drug-likeness (QED) is 0.675. The number of hydrogen-bond donors (Lipinski definition) is 1. The zero-order chi connectivity index (χ0) is 9.84. The molecule has 1 heteroatoms. The lowest BCUT2D eigenvalue weighted by atomic mass is 10.1. The van der Waals surface area contributed by atoms with Crippen molar-refractivity contribution >= 4 is 11.8 Å². The van der Waals surface area contributed by atoms with E-state index in [1.54, 1.807) is 6.08 Å². The smallest absolute Gasteiger partial charge is 0.0129 e. The van der Waals surface area contributed by atoms with E-state index in [1.165, 1.54) is 5.56 Å². The van der Waals surface area contributed by atoms with Crippen LogP contribution >= 0.6 is 0 Å². The zero-order valence-electron chi connectivity index (χ0n) is 8.17. The van der Waals surface area contributed by atoms with Crippen molar-refractivity contribution in [3.63, 3.8) is 0 Å². The highest BCUT2D eigenvalue weighted by Gasteiger charge is 1.90. The van der Waals surface area contributed by atoms with Gasteiger partial charge in [0.05, 0.1) is 0 Å². The minimum absolute atomic E-state index is 0.844. The van der Waals surface area contributed by atoms with Gasteiger partial charge in [-0.2, -0.15) is 0 Å². The van der Waals surface area contributed by atoms with E-state index in [2.05, 4.69) is 19.6 Å². The Bertz CT molecular complexity index is 423. The Morgan fingerprint density at radius 1 is 1.46 bits per heavy atom. The van der Waals surface area contributed by atoms with Crippen LogP contribution in [0.15, 0.2) is 30.9 Å². The van der Waals surface area contributed by atoms with Crippen molar-refractivity contribution in [2.24, 2.45) is 5.73 Å². The molecule has 68 valence electrons. The number of allylic oxidation sites excluding steroid dienone is 1. The van der Waals surface area contributed by atoms with Crippen molar-refractivity contribution in [2.75, 3.05) is 0 Å². The van der Waals surface area contributed by atoms with E-state index in [-0.39, 0.29) is 0 Å². The second kappa shape index (κ2) is 3.94. The minimum Gasteiger partial charge on any atom is -0.402 e.